The lowest BCUT2D eigenvalue weighted by molar-refractivity contribution is 0.0950. The largest absolute Gasteiger partial charge is 0.346 e. The molecule has 3 rings (SSSR count). The Balaban J connectivity index is 1.80. The fourth-order valence-electron chi connectivity index (χ4n) is 2.86. The van der Waals surface area contributed by atoms with E-state index in [-0.39, 0.29) is 10.8 Å². The van der Waals surface area contributed by atoms with Crippen LogP contribution < -0.4 is 5.32 Å². The molecular formula is C18H21N3O3S. The summed E-state index contributed by atoms with van der Waals surface area (Å²) in [5, 5.41) is 2.77. The lowest BCUT2D eigenvalue weighted by Gasteiger charge is -2.17. The number of sulfonamides is 1. The summed E-state index contributed by atoms with van der Waals surface area (Å²) in [5.41, 5.74) is 1.72. The fraction of sp³-hybridized carbons (Fsp3) is 0.333. The lowest BCUT2D eigenvalue weighted by Crippen LogP contribution is -2.29. The van der Waals surface area contributed by atoms with E-state index in [1.807, 2.05) is 12.1 Å². The number of nitrogens with zero attached hydrogens (tertiary/aromatic N) is 2. The maximum absolute atomic E-state index is 12.8. The van der Waals surface area contributed by atoms with Crippen molar-refractivity contribution in [1.82, 2.24) is 14.6 Å². The molecule has 0 aliphatic carbocycles. The van der Waals surface area contributed by atoms with E-state index in [0.29, 0.717) is 30.8 Å². The molecule has 2 aromatic rings. The first-order valence-corrected chi connectivity index (χ1v) is 9.71. The van der Waals surface area contributed by atoms with E-state index in [9.17, 15) is 13.2 Å². The quantitative estimate of drug-likeness (QED) is 0.887. The average Bonchev–Trinajstić information content (AvgIpc) is 3.16. The van der Waals surface area contributed by atoms with Crippen molar-refractivity contribution < 1.29 is 13.2 Å². The van der Waals surface area contributed by atoms with Crippen molar-refractivity contribution in [3.63, 3.8) is 0 Å². The molecule has 0 bridgehead atoms. The third-order valence-corrected chi connectivity index (χ3v) is 6.33. The lowest BCUT2D eigenvalue weighted by atomic mass is 10.1. The van der Waals surface area contributed by atoms with Gasteiger partial charge in [-0.05, 0) is 49.6 Å². The molecule has 1 fully saturated rings. The fourth-order valence-corrected chi connectivity index (χ4v) is 4.63. The summed E-state index contributed by atoms with van der Waals surface area (Å²) in [5.74, 6) is -0.316. The van der Waals surface area contributed by atoms with Gasteiger partial charge >= 0.3 is 0 Å². The molecule has 25 heavy (non-hydrogen) atoms. The maximum atomic E-state index is 12.8. The van der Waals surface area contributed by atoms with E-state index < -0.39 is 10.0 Å². The highest BCUT2D eigenvalue weighted by Crippen LogP contribution is 2.24. The van der Waals surface area contributed by atoms with E-state index in [0.717, 1.165) is 18.5 Å². The summed E-state index contributed by atoms with van der Waals surface area (Å²) in [6, 6.07) is 10.3. The third-order valence-electron chi connectivity index (χ3n) is 4.29. The van der Waals surface area contributed by atoms with Crippen molar-refractivity contribution in [1.29, 1.82) is 0 Å². The number of benzene rings is 1. The molecule has 2 heterocycles. The third kappa shape index (κ3) is 3.88. The van der Waals surface area contributed by atoms with E-state index in [1.54, 1.807) is 31.3 Å². The zero-order chi connectivity index (χ0) is 17.9. The van der Waals surface area contributed by atoms with Crippen LogP contribution in [0, 0.1) is 6.92 Å². The number of aromatic nitrogens is 1. The van der Waals surface area contributed by atoms with E-state index in [2.05, 4.69) is 10.3 Å². The minimum Gasteiger partial charge on any atom is -0.346 e. The Morgan fingerprint density at radius 1 is 1.20 bits per heavy atom. The van der Waals surface area contributed by atoms with Crippen molar-refractivity contribution >= 4 is 15.9 Å². The standard InChI is InChI=1S/C18H21N3O3S/c1-14-7-8-15(18(22)20-13-16-6-2-3-9-19-16)12-17(14)25(23,24)21-10-4-5-11-21/h2-3,6-9,12H,4-5,10-11,13H2,1H3,(H,20,22). The number of hydrogen-bond donors (Lipinski definition) is 1. The maximum Gasteiger partial charge on any atom is 0.251 e. The number of amides is 1. The predicted octanol–water partition coefficient (Wildman–Crippen LogP) is 2.10. The Morgan fingerprint density at radius 3 is 2.64 bits per heavy atom. The van der Waals surface area contributed by atoms with Crippen LogP contribution >= 0.6 is 0 Å². The Bertz CT molecular complexity index is 860. The molecule has 1 aromatic heterocycles. The SMILES string of the molecule is Cc1ccc(C(=O)NCc2ccccn2)cc1S(=O)(=O)N1CCCC1. The zero-order valence-corrected chi connectivity index (χ0v) is 14.9. The highest BCUT2D eigenvalue weighted by Gasteiger charge is 2.29. The molecule has 132 valence electrons. The summed E-state index contributed by atoms with van der Waals surface area (Å²) >= 11 is 0. The van der Waals surface area contributed by atoms with Gasteiger partial charge in [-0.3, -0.25) is 9.78 Å². The minimum atomic E-state index is -3.55. The van der Waals surface area contributed by atoms with Gasteiger partial charge in [-0.15, -0.1) is 0 Å². The van der Waals surface area contributed by atoms with Gasteiger partial charge in [-0.2, -0.15) is 4.31 Å². The predicted molar refractivity (Wildman–Crippen MR) is 94.6 cm³/mol. The van der Waals surface area contributed by atoms with Crippen molar-refractivity contribution in [3.05, 3.63) is 59.4 Å². The number of rotatable bonds is 5. The van der Waals surface area contributed by atoms with Gasteiger partial charge < -0.3 is 5.32 Å². The monoisotopic (exact) mass is 359 g/mol. The summed E-state index contributed by atoms with van der Waals surface area (Å²) in [4.78, 5) is 16.7. The Labute approximate surface area is 147 Å². The summed E-state index contributed by atoms with van der Waals surface area (Å²) in [6.45, 7) is 3.12. The highest BCUT2D eigenvalue weighted by molar-refractivity contribution is 7.89. The molecule has 0 radical (unpaired) electrons. The Hall–Kier alpha value is -2.25. The van der Waals surface area contributed by atoms with Gasteiger partial charge in [-0.25, -0.2) is 8.42 Å². The van der Waals surface area contributed by atoms with Crippen molar-refractivity contribution in [2.75, 3.05) is 13.1 Å². The van der Waals surface area contributed by atoms with Gasteiger partial charge in [0.25, 0.3) is 5.91 Å². The van der Waals surface area contributed by atoms with Crippen LogP contribution in [-0.2, 0) is 16.6 Å². The number of carbonyl (C=O) groups excluding carboxylic acids is 1. The second-order valence-electron chi connectivity index (χ2n) is 6.10. The molecule has 1 saturated heterocycles. The van der Waals surface area contributed by atoms with Crippen LogP contribution in [0.2, 0.25) is 0 Å². The number of aryl methyl sites for hydroxylation is 1. The van der Waals surface area contributed by atoms with Gasteiger partial charge in [0.1, 0.15) is 0 Å². The van der Waals surface area contributed by atoms with Crippen molar-refractivity contribution in [2.45, 2.75) is 31.2 Å². The van der Waals surface area contributed by atoms with Gasteiger partial charge in [0, 0.05) is 24.8 Å². The summed E-state index contributed by atoms with van der Waals surface area (Å²) in [7, 11) is -3.55. The highest BCUT2D eigenvalue weighted by atomic mass is 32.2. The molecule has 6 nitrogen and oxygen atoms in total. The summed E-state index contributed by atoms with van der Waals surface area (Å²) < 4.78 is 27.1. The van der Waals surface area contributed by atoms with E-state index >= 15 is 0 Å². The van der Waals surface area contributed by atoms with E-state index in [4.69, 9.17) is 0 Å². The first-order valence-electron chi connectivity index (χ1n) is 8.27. The van der Waals surface area contributed by atoms with Crippen LogP contribution in [0.25, 0.3) is 0 Å². The molecule has 7 heteroatoms. The van der Waals surface area contributed by atoms with Crippen molar-refractivity contribution in [3.8, 4) is 0 Å². The topological polar surface area (TPSA) is 79.4 Å². The molecular weight excluding hydrogens is 338 g/mol. The van der Waals surface area contributed by atoms with Crippen LogP contribution in [0.5, 0.6) is 0 Å². The first kappa shape index (κ1) is 17.6. The molecule has 1 N–H and O–H groups in total. The van der Waals surface area contributed by atoms with E-state index in [1.165, 1.54) is 10.4 Å². The smallest absolute Gasteiger partial charge is 0.251 e. The number of nitrogens with one attached hydrogen (secondary N) is 1. The second-order valence-corrected chi connectivity index (χ2v) is 8.00. The van der Waals surface area contributed by atoms with Gasteiger partial charge in [-0.1, -0.05) is 12.1 Å². The molecule has 0 saturated carbocycles. The van der Waals surface area contributed by atoms with Gasteiger partial charge in [0.15, 0.2) is 0 Å². The van der Waals surface area contributed by atoms with Gasteiger partial charge in [0.05, 0.1) is 17.1 Å². The molecule has 1 aliphatic heterocycles. The number of hydrogen-bond acceptors (Lipinski definition) is 4. The normalized spacial score (nSPS) is 15.2. The van der Waals surface area contributed by atoms with Gasteiger partial charge in [0.2, 0.25) is 10.0 Å². The Kier molecular flexibility index (Phi) is 5.15. The summed E-state index contributed by atoms with van der Waals surface area (Å²) in [6.07, 6.45) is 3.42. The van der Waals surface area contributed by atoms with Crippen molar-refractivity contribution in [2.24, 2.45) is 0 Å². The van der Waals surface area contributed by atoms with Crippen LogP contribution in [-0.4, -0.2) is 36.7 Å². The number of pyridine rings is 1. The molecule has 1 aromatic carbocycles. The zero-order valence-electron chi connectivity index (χ0n) is 14.1. The molecule has 0 spiro atoms. The Morgan fingerprint density at radius 2 is 1.96 bits per heavy atom. The van der Waals surface area contributed by atoms with Crippen LogP contribution in [0.4, 0.5) is 0 Å². The van der Waals surface area contributed by atoms with Crippen LogP contribution in [0.1, 0.15) is 34.5 Å². The number of carbonyl (C=O) groups is 1. The molecule has 1 amide bonds. The first-order chi connectivity index (χ1) is 12.0. The molecule has 1 aliphatic rings. The van der Waals surface area contributed by atoms with Crippen LogP contribution in [0.15, 0.2) is 47.5 Å². The average molecular weight is 359 g/mol. The minimum absolute atomic E-state index is 0.208. The molecule has 0 unspecified atom stereocenters. The molecule has 0 atom stereocenters. The van der Waals surface area contributed by atoms with Crippen LogP contribution in [0.3, 0.4) is 0 Å². The second kappa shape index (κ2) is 7.33.